The van der Waals surface area contributed by atoms with Gasteiger partial charge in [0, 0.05) is 24.6 Å². The van der Waals surface area contributed by atoms with Crippen LogP contribution in [0.15, 0.2) is 60.2 Å². The molecule has 7 heteroatoms. The van der Waals surface area contributed by atoms with Crippen LogP contribution >= 0.6 is 0 Å². The van der Waals surface area contributed by atoms with Gasteiger partial charge in [0.05, 0.1) is 0 Å². The lowest BCUT2D eigenvalue weighted by molar-refractivity contribution is -0.139. The van der Waals surface area contributed by atoms with E-state index in [0.29, 0.717) is 18.5 Å². The van der Waals surface area contributed by atoms with Crippen molar-refractivity contribution in [1.82, 2.24) is 10.2 Å². The topological polar surface area (TPSA) is 95.9 Å². The third-order valence-corrected chi connectivity index (χ3v) is 7.31. The van der Waals surface area contributed by atoms with E-state index in [0.717, 1.165) is 35.1 Å². The first-order chi connectivity index (χ1) is 16.4. The largest absolute Gasteiger partial charge is 0.478 e. The van der Waals surface area contributed by atoms with Crippen LogP contribution in [0, 0.1) is 5.92 Å². The second-order valence-corrected chi connectivity index (χ2v) is 9.46. The van der Waals surface area contributed by atoms with Gasteiger partial charge in [0.15, 0.2) is 0 Å². The van der Waals surface area contributed by atoms with Gasteiger partial charge in [-0.05, 0) is 54.4 Å². The van der Waals surface area contributed by atoms with E-state index in [1.165, 1.54) is 0 Å². The van der Waals surface area contributed by atoms with Crippen LogP contribution in [-0.2, 0) is 14.3 Å². The highest BCUT2D eigenvalue weighted by Crippen LogP contribution is 2.45. The van der Waals surface area contributed by atoms with Crippen molar-refractivity contribution in [3.05, 3.63) is 71.3 Å². The Morgan fingerprint density at radius 1 is 1.06 bits per heavy atom. The molecule has 5 rings (SSSR count). The summed E-state index contributed by atoms with van der Waals surface area (Å²) >= 11 is 0. The second-order valence-electron chi connectivity index (χ2n) is 9.46. The summed E-state index contributed by atoms with van der Waals surface area (Å²) in [5.41, 5.74) is 3.82. The van der Waals surface area contributed by atoms with Crippen molar-refractivity contribution >= 4 is 18.0 Å². The van der Waals surface area contributed by atoms with Gasteiger partial charge in [0.2, 0.25) is 5.91 Å². The van der Waals surface area contributed by atoms with Gasteiger partial charge in [-0.1, -0.05) is 54.6 Å². The Labute approximate surface area is 198 Å². The molecule has 2 amide bonds. The first kappa shape index (κ1) is 22.2. The Hall–Kier alpha value is -3.61. The number of benzene rings is 2. The average molecular weight is 461 g/mol. The molecule has 0 spiro atoms. The summed E-state index contributed by atoms with van der Waals surface area (Å²) in [6.07, 6.45) is 2.98. The number of carboxylic acid groups (broad SMARTS) is 1. The van der Waals surface area contributed by atoms with Crippen molar-refractivity contribution in [2.24, 2.45) is 5.92 Å². The molecule has 0 radical (unpaired) electrons. The first-order valence-corrected chi connectivity index (χ1v) is 11.7. The second kappa shape index (κ2) is 8.63. The fourth-order valence-electron chi connectivity index (χ4n) is 5.21. The van der Waals surface area contributed by atoms with Gasteiger partial charge >= 0.3 is 12.1 Å². The standard InChI is InChI=1S/C27H28N2O5/c1-27(18-10-11-18,25(32)29-14-12-17(13-15-29)24(30)31)28-26(33)34-16-23-21-8-4-2-6-19(21)20-7-3-5-9-22(20)23/h2-9,12,18,23H,10-11,13-16H2,1H3,(H,28,33)(H,30,31). The van der Waals surface area contributed by atoms with Gasteiger partial charge < -0.3 is 20.1 Å². The van der Waals surface area contributed by atoms with Crippen LogP contribution < -0.4 is 5.32 Å². The van der Waals surface area contributed by atoms with Crippen LogP contribution in [0.3, 0.4) is 0 Å². The molecule has 2 aromatic carbocycles. The molecule has 176 valence electrons. The van der Waals surface area contributed by atoms with Crippen molar-refractivity contribution in [2.45, 2.75) is 37.6 Å². The van der Waals surface area contributed by atoms with Crippen LogP contribution in [0.5, 0.6) is 0 Å². The molecule has 0 bridgehead atoms. The van der Waals surface area contributed by atoms with E-state index in [9.17, 15) is 14.4 Å². The van der Waals surface area contributed by atoms with Gasteiger partial charge in [-0.15, -0.1) is 0 Å². The highest BCUT2D eigenvalue weighted by Gasteiger charge is 2.50. The number of carbonyl (C=O) groups is 3. The summed E-state index contributed by atoms with van der Waals surface area (Å²) < 4.78 is 5.69. The molecule has 3 aliphatic rings. The number of carbonyl (C=O) groups excluding carboxylic acids is 2. The van der Waals surface area contributed by atoms with Crippen LogP contribution in [-0.4, -0.2) is 53.2 Å². The normalized spacial score (nSPS) is 18.9. The molecule has 0 aromatic heterocycles. The molecule has 2 aliphatic carbocycles. The number of hydrogen-bond donors (Lipinski definition) is 2. The zero-order valence-corrected chi connectivity index (χ0v) is 19.1. The minimum Gasteiger partial charge on any atom is -0.478 e. The minimum atomic E-state index is -1.07. The number of nitrogens with one attached hydrogen (secondary N) is 1. The van der Waals surface area contributed by atoms with Crippen molar-refractivity contribution in [1.29, 1.82) is 0 Å². The van der Waals surface area contributed by atoms with E-state index in [4.69, 9.17) is 9.84 Å². The number of ether oxygens (including phenoxy) is 1. The van der Waals surface area contributed by atoms with Crippen LogP contribution in [0.25, 0.3) is 11.1 Å². The Bertz CT molecular complexity index is 1140. The summed E-state index contributed by atoms with van der Waals surface area (Å²) in [6.45, 7) is 2.49. The number of hydrogen-bond acceptors (Lipinski definition) is 4. The molecule has 0 saturated heterocycles. The maximum absolute atomic E-state index is 13.4. The Morgan fingerprint density at radius 2 is 1.68 bits per heavy atom. The number of fused-ring (bicyclic) bond motifs is 3. The fraction of sp³-hybridized carbons (Fsp3) is 0.370. The van der Waals surface area contributed by atoms with Gasteiger partial charge in [-0.25, -0.2) is 9.59 Å². The van der Waals surface area contributed by atoms with Crippen molar-refractivity contribution in [3.63, 3.8) is 0 Å². The number of aliphatic carboxylic acids is 1. The summed E-state index contributed by atoms with van der Waals surface area (Å²) in [5, 5.41) is 12.0. The van der Waals surface area contributed by atoms with E-state index < -0.39 is 17.6 Å². The third kappa shape index (κ3) is 3.95. The van der Waals surface area contributed by atoms with E-state index >= 15 is 0 Å². The Morgan fingerprint density at radius 3 is 2.21 bits per heavy atom. The van der Waals surface area contributed by atoms with Crippen LogP contribution in [0.2, 0.25) is 0 Å². The predicted molar refractivity (Wildman–Crippen MR) is 126 cm³/mol. The molecule has 1 atom stereocenters. The summed E-state index contributed by atoms with van der Waals surface area (Å²) in [4.78, 5) is 39.1. The molecular formula is C27H28N2O5. The highest BCUT2D eigenvalue weighted by atomic mass is 16.5. The van der Waals surface area contributed by atoms with E-state index in [-0.39, 0.29) is 30.9 Å². The van der Waals surface area contributed by atoms with Gasteiger partial charge in [0.1, 0.15) is 12.1 Å². The van der Waals surface area contributed by atoms with Crippen molar-refractivity contribution in [2.75, 3.05) is 19.7 Å². The van der Waals surface area contributed by atoms with Crippen molar-refractivity contribution in [3.8, 4) is 11.1 Å². The molecule has 2 N–H and O–H groups in total. The highest BCUT2D eigenvalue weighted by molar-refractivity contribution is 5.92. The Balaban J connectivity index is 1.27. The Kier molecular flexibility index (Phi) is 5.63. The maximum Gasteiger partial charge on any atom is 0.408 e. The predicted octanol–water partition coefficient (Wildman–Crippen LogP) is 3.94. The zero-order valence-electron chi connectivity index (χ0n) is 19.1. The smallest absolute Gasteiger partial charge is 0.408 e. The fourth-order valence-corrected chi connectivity index (χ4v) is 5.21. The third-order valence-electron chi connectivity index (χ3n) is 7.31. The number of alkyl carbamates (subject to hydrolysis) is 1. The number of rotatable bonds is 6. The van der Waals surface area contributed by atoms with Crippen LogP contribution in [0.4, 0.5) is 4.79 Å². The van der Waals surface area contributed by atoms with E-state index in [2.05, 4.69) is 29.6 Å². The lowest BCUT2D eigenvalue weighted by Crippen LogP contribution is -2.60. The SMILES string of the molecule is CC(NC(=O)OCC1c2ccccc2-c2ccccc21)(C(=O)N1CC=C(C(=O)O)CC1)C1CC1. The molecule has 1 heterocycles. The maximum atomic E-state index is 13.4. The first-order valence-electron chi connectivity index (χ1n) is 11.7. The average Bonchev–Trinajstić information content (AvgIpc) is 3.66. The van der Waals surface area contributed by atoms with Gasteiger partial charge in [-0.2, -0.15) is 0 Å². The number of nitrogens with zero attached hydrogens (tertiary/aromatic N) is 1. The summed E-state index contributed by atoms with van der Waals surface area (Å²) in [7, 11) is 0. The molecule has 1 saturated carbocycles. The van der Waals surface area contributed by atoms with E-state index in [1.807, 2.05) is 24.3 Å². The molecule has 1 unspecified atom stereocenters. The summed E-state index contributed by atoms with van der Waals surface area (Å²) in [5.74, 6) is -1.15. The molecule has 1 aliphatic heterocycles. The quantitative estimate of drug-likeness (QED) is 0.681. The monoisotopic (exact) mass is 460 g/mol. The zero-order chi connectivity index (χ0) is 23.9. The molecule has 2 aromatic rings. The lowest BCUT2D eigenvalue weighted by atomic mass is 9.93. The lowest BCUT2D eigenvalue weighted by Gasteiger charge is -2.36. The van der Waals surface area contributed by atoms with Gasteiger partial charge in [-0.3, -0.25) is 4.79 Å². The summed E-state index contributed by atoms with van der Waals surface area (Å²) in [6, 6.07) is 16.3. The molecule has 7 nitrogen and oxygen atoms in total. The molecule has 34 heavy (non-hydrogen) atoms. The molecule has 1 fully saturated rings. The van der Waals surface area contributed by atoms with E-state index in [1.54, 1.807) is 17.9 Å². The number of amides is 2. The minimum absolute atomic E-state index is 0.0466. The van der Waals surface area contributed by atoms with Crippen molar-refractivity contribution < 1.29 is 24.2 Å². The number of carboxylic acids is 1. The van der Waals surface area contributed by atoms with Crippen LogP contribution in [0.1, 0.15) is 43.2 Å². The molecular weight excluding hydrogens is 432 g/mol. The van der Waals surface area contributed by atoms with Gasteiger partial charge in [0.25, 0.3) is 0 Å².